The summed E-state index contributed by atoms with van der Waals surface area (Å²) in [6.45, 7) is 2.77. The lowest BCUT2D eigenvalue weighted by atomic mass is 10.2. The minimum atomic E-state index is 0.153. The van der Waals surface area contributed by atoms with Crippen LogP contribution in [0.2, 0.25) is 0 Å². The molecule has 0 saturated heterocycles. The van der Waals surface area contributed by atoms with Crippen molar-refractivity contribution in [3.8, 4) is 0 Å². The van der Waals surface area contributed by atoms with Crippen molar-refractivity contribution in [1.29, 1.82) is 0 Å². The minimum Gasteiger partial charge on any atom is -0.332 e. The Hall–Kier alpha value is -0.960. The molecule has 0 spiro atoms. The van der Waals surface area contributed by atoms with Gasteiger partial charge in [-0.3, -0.25) is 4.79 Å². The van der Waals surface area contributed by atoms with E-state index < -0.39 is 0 Å². The van der Waals surface area contributed by atoms with E-state index >= 15 is 0 Å². The first kappa shape index (κ1) is 12.1. The molecule has 0 unspecified atom stereocenters. The quantitative estimate of drug-likeness (QED) is 0.780. The zero-order valence-corrected chi connectivity index (χ0v) is 10.1. The summed E-state index contributed by atoms with van der Waals surface area (Å²) in [4.78, 5) is 13.4. The summed E-state index contributed by atoms with van der Waals surface area (Å²) in [5.41, 5.74) is 1.17. The number of hydrogen-bond donors (Lipinski definition) is 0. The first-order valence-corrected chi connectivity index (χ1v) is 6.14. The van der Waals surface area contributed by atoms with E-state index in [0.717, 1.165) is 12.2 Å². The van der Waals surface area contributed by atoms with Gasteiger partial charge in [0.1, 0.15) is 0 Å². The molecule has 0 radical (unpaired) electrons. The van der Waals surface area contributed by atoms with E-state index in [1.807, 2.05) is 37.4 Å². The van der Waals surface area contributed by atoms with E-state index in [2.05, 4.69) is 6.92 Å². The van der Waals surface area contributed by atoms with Gasteiger partial charge < -0.3 is 4.90 Å². The molecule has 3 heteroatoms. The molecular formula is C12H17NOS. The predicted molar refractivity (Wildman–Crippen MR) is 66.1 cm³/mol. The fourth-order valence-electron chi connectivity index (χ4n) is 1.22. The molecule has 0 heterocycles. The summed E-state index contributed by atoms with van der Waals surface area (Å²) in [7, 11) is 1.85. The van der Waals surface area contributed by atoms with Crippen molar-refractivity contribution in [2.75, 3.05) is 12.8 Å². The van der Waals surface area contributed by atoms with Gasteiger partial charge in [0, 0.05) is 19.3 Å². The van der Waals surface area contributed by atoms with Gasteiger partial charge in [0.15, 0.2) is 0 Å². The van der Waals surface area contributed by atoms with E-state index in [1.165, 1.54) is 17.3 Å². The molecule has 15 heavy (non-hydrogen) atoms. The molecule has 82 valence electrons. The van der Waals surface area contributed by atoms with Crippen LogP contribution >= 0.6 is 11.8 Å². The van der Waals surface area contributed by atoms with E-state index in [4.69, 9.17) is 0 Å². The lowest BCUT2D eigenvalue weighted by molar-refractivity contribution is 0.232. The lowest BCUT2D eigenvalue weighted by Crippen LogP contribution is -2.22. The summed E-state index contributed by atoms with van der Waals surface area (Å²) >= 11 is 1.39. The highest BCUT2D eigenvalue weighted by atomic mass is 32.2. The van der Waals surface area contributed by atoms with E-state index in [-0.39, 0.29) is 5.24 Å². The van der Waals surface area contributed by atoms with Crippen LogP contribution in [0.4, 0.5) is 4.79 Å². The third kappa shape index (κ3) is 4.38. The Morgan fingerprint density at radius 1 is 1.33 bits per heavy atom. The van der Waals surface area contributed by atoms with Gasteiger partial charge in [-0.1, -0.05) is 49.0 Å². The van der Waals surface area contributed by atoms with Gasteiger partial charge >= 0.3 is 0 Å². The Labute approximate surface area is 95.7 Å². The first-order valence-electron chi connectivity index (χ1n) is 5.16. The van der Waals surface area contributed by atoms with Crippen molar-refractivity contribution in [1.82, 2.24) is 4.90 Å². The Morgan fingerprint density at radius 2 is 2.00 bits per heavy atom. The zero-order chi connectivity index (χ0) is 11.1. The molecule has 0 aliphatic carbocycles. The zero-order valence-electron chi connectivity index (χ0n) is 9.27. The second-order valence-electron chi connectivity index (χ2n) is 3.46. The first-order chi connectivity index (χ1) is 7.24. The van der Waals surface area contributed by atoms with Crippen LogP contribution < -0.4 is 0 Å². The summed E-state index contributed by atoms with van der Waals surface area (Å²) in [5, 5.41) is 0.153. The molecule has 1 aromatic carbocycles. The van der Waals surface area contributed by atoms with Gasteiger partial charge in [-0.15, -0.1) is 0 Å². The van der Waals surface area contributed by atoms with Gasteiger partial charge in [-0.05, 0) is 12.0 Å². The largest absolute Gasteiger partial charge is 0.332 e. The molecule has 0 N–H and O–H groups in total. The van der Waals surface area contributed by atoms with Gasteiger partial charge in [0.05, 0.1) is 0 Å². The van der Waals surface area contributed by atoms with Crippen molar-refractivity contribution in [2.45, 2.75) is 19.9 Å². The number of benzene rings is 1. The molecule has 0 bridgehead atoms. The molecule has 0 saturated carbocycles. The van der Waals surface area contributed by atoms with Crippen LogP contribution in [0.25, 0.3) is 0 Å². The summed E-state index contributed by atoms with van der Waals surface area (Å²) in [6, 6.07) is 10.0. The van der Waals surface area contributed by atoms with Crippen molar-refractivity contribution in [3.63, 3.8) is 0 Å². The lowest BCUT2D eigenvalue weighted by Gasteiger charge is -2.16. The van der Waals surface area contributed by atoms with Crippen LogP contribution in [0, 0.1) is 0 Å². The fourth-order valence-corrected chi connectivity index (χ4v) is 1.89. The van der Waals surface area contributed by atoms with Gasteiger partial charge in [-0.25, -0.2) is 0 Å². The van der Waals surface area contributed by atoms with Crippen LogP contribution in [0.15, 0.2) is 30.3 Å². The van der Waals surface area contributed by atoms with Crippen LogP contribution in [-0.2, 0) is 6.54 Å². The Morgan fingerprint density at radius 3 is 2.60 bits per heavy atom. The maximum Gasteiger partial charge on any atom is 0.281 e. The summed E-state index contributed by atoms with van der Waals surface area (Å²) < 4.78 is 0. The summed E-state index contributed by atoms with van der Waals surface area (Å²) in [6.07, 6.45) is 1.04. The van der Waals surface area contributed by atoms with Crippen LogP contribution in [0.5, 0.6) is 0 Å². The smallest absolute Gasteiger partial charge is 0.281 e. The predicted octanol–water partition coefficient (Wildman–Crippen LogP) is 3.38. The molecule has 1 aromatic rings. The number of amides is 1. The van der Waals surface area contributed by atoms with E-state index in [9.17, 15) is 4.79 Å². The molecule has 2 nitrogen and oxygen atoms in total. The number of hydrogen-bond acceptors (Lipinski definition) is 2. The maximum absolute atomic E-state index is 11.6. The number of nitrogens with zero attached hydrogens (tertiary/aromatic N) is 1. The average molecular weight is 223 g/mol. The highest BCUT2D eigenvalue weighted by molar-refractivity contribution is 8.13. The molecular weight excluding hydrogens is 206 g/mol. The van der Waals surface area contributed by atoms with Crippen LogP contribution in [0.1, 0.15) is 18.9 Å². The van der Waals surface area contributed by atoms with Gasteiger partial charge in [0.25, 0.3) is 5.24 Å². The summed E-state index contributed by atoms with van der Waals surface area (Å²) in [5.74, 6) is 0.901. The van der Waals surface area contributed by atoms with Crippen molar-refractivity contribution in [2.24, 2.45) is 0 Å². The third-order valence-electron chi connectivity index (χ3n) is 2.00. The maximum atomic E-state index is 11.6. The Kier molecular flexibility index (Phi) is 5.26. The van der Waals surface area contributed by atoms with E-state index in [1.54, 1.807) is 4.90 Å². The second-order valence-corrected chi connectivity index (χ2v) is 4.50. The van der Waals surface area contributed by atoms with Crippen molar-refractivity contribution in [3.05, 3.63) is 35.9 Å². The molecule has 0 fully saturated rings. The minimum absolute atomic E-state index is 0.153. The highest BCUT2D eigenvalue weighted by Crippen LogP contribution is 2.11. The second kappa shape index (κ2) is 6.51. The molecule has 0 aliphatic rings. The molecule has 1 rings (SSSR count). The van der Waals surface area contributed by atoms with Crippen molar-refractivity contribution >= 4 is 17.0 Å². The third-order valence-corrected chi connectivity index (χ3v) is 3.17. The van der Waals surface area contributed by atoms with E-state index in [0.29, 0.717) is 6.54 Å². The number of carbonyl (C=O) groups is 1. The monoisotopic (exact) mass is 223 g/mol. The van der Waals surface area contributed by atoms with Crippen LogP contribution in [0.3, 0.4) is 0 Å². The van der Waals surface area contributed by atoms with Crippen molar-refractivity contribution < 1.29 is 4.79 Å². The Balaban J connectivity index is 2.41. The molecule has 0 atom stereocenters. The normalized spacial score (nSPS) is 10.0. The number of carbonyl (C=O) groups excluding carboxylic acids is 1. The number of thioether (sulfide) groups is 1. The standard InChI is InChI=1S/C12H17NOS/c1-3-9-15-12(14)13(2)10-11-7-5-4-6-8-11/h4-8H,3,9-10H2,1-2H3. The number of rotatable bonds is 4. The topological polar surface area (TPSA) is 20.3 Å². The molecule has 0 aromatic heterocycles. The highest BCUT2D eigenvalue weighted by Gasteiger charge is 2.08. The fraction of sp³-hybridized carbons (Fsp3) is 0.417. The molecule has 0 aliphatic heterocycles. The molecule has 1 amide bonds. The average Bonchev–Trinajstić information content (AvgIpc) is 2.27. The van der Waals surface area contributed by atoms with Gasteiger partial charge in [0.2, 0.25) is 0 Å². The SMILES string of the molecule is CCCSC(=O)N(C)Cc1ccccc1. The van der Waals surface area contributed by atoms with Crippen LogP contribution in [-0.4, -0.2) is 22.9 Å². The Bertz CT molecular complexity index is 300. The van der Waals surface area contributed by atoms with Gasteiger partial charge in [-0.2, -0.15) is 0 Å².